The molecule has 1 aliphatic heterocycles. The summed E-state index contributed by atoms with van der Waals surface area (Å²) in [6.07, 6.45) is 2.77. The van der Waals surface area contributed by atoms with Gasteiger partial charge in [-0.3, -0.25) is 4.90 Å². The molecule has 1 unspecified atom stereocenters. The summed E-state index contributed by atoms with van der Waals surface area (Å²) in [5, 5.41) is 0. The Labute approximate surface area is 97.2 Å². The molecule has 2 nitrogen and oxygen atoms in total. The van der Waals surface area contributed by atoms with Gasteiger partial charge in [-0.15, -0.1) is 0 Å². The van der Waals surface area contributed by atoms with Crippen LogP contribution in [0.1, 0.15) is 30.6 Å². The molecule has 2 aliphatic rings. The maximum Gasteiger partial charge on any atom is 0.0983 e. The third-order valence-electron chi connectivity index (χ3n) is 3.97. The van der Waals surface area contributed by atoms with Crippen LogP contribution in [-0.2, 0) is 11.2 Å². The minimum atomic E-state index is 0.318. The van der Waals surface area contributed by atoms with E-state index in [0.717, 1.165) is 19.7 Å². The molecule has 1 fully saturated rings. The molecule has 1 aliphatic carbocycles. The first-order valence-electron chi connectivity index (χ1n) is 6.33. The van der Waals surface area contributed by atoms with E-state index in [4.69, 9.17) is 4.74 Å². The van der Waals surface area contributed by atoms with Crippen LogP contribution in [-0.4, -0.2) is 30.6 Å². The molecule has 86 valence electrons. The summed E-state index contributed by atoms with van der Waals surface area (Å²) < 4.78 is 6.00. The van der Waals surface area contributed by atoms with Gasteiger partial charge in [-0.2, -0.15) is 0 Å². The van der Waals surface area contributed by atoms with E-state index in [-0.39, 0.29) is 0 Å². The lowest BCUT2D eigenvalue weighted by atomic mass is 9.84. The number of hydrogen-bond donors (Lipinski definition) is 0. The van der Waals surface area contributed by atoms with Crippen molar-refractivity contribution >= 4 is 0 Å². The molecule has 0 aromatic heterocycles. The highest BCUT2D eigenvalue weighted by atomic mass is 16.5. The molecule has 1 heterocycles. The summed E-state index contributed by atoms with van der Waals surface area (Å²) in [6, 6.07) is 9.37. The van der Waals surface area contributed by atoms with Crippen molar-refractivity contribution in [2.75, 3.05) is 19.7 Å². The second kappa shape index (κ2) is 4.19. The first kappa shape index (κ1) is 10.3. The molecule has 0 spiro atoms. The van der Waals surface area contributed by atoms with Crippen molar-refractivity contribution in [1.29, 1.82) is 0 Å². The van der Waals surface area contributed by atoms with Gasteiger partial charge in [0.25, 0.3) is 0 Å². The molecular formula is C14H19NO. The van der Waals surface area contributed by atoms with Crippen LogP contribution in [0.25, 0.3) is 0 Å². The van der Waals surface area contributed by atoms with Crippen LogP contribution in [0.3, 0.4) is 0 Å². The van der Waals surface area contributed by atoms with Crippen LogP contribution in [0, 0.1) is 0 Å². The zero-order chi connectivity index (χ0) is 11.0. The lowest BCUT2D eigenvalue weighted by Gasteiger charge is -2.44. The Hall–Kier alpha value is -0.860. The van der Waals surface area contributed by atoms with Gasteiger partial charge in [0, 0.05) is 12.6 Å². The molecule has 3 rings (SSSR count). The number of benzene rings is 1. The number of fused-ring (bicyclic) bond motifs is 3. The monoisotopic (exact) mass is 217 g/mol. The smallest absolute Gasteiger partial charge is 0.0983 e. The van der Waals surface area contributed by atoms with Gasteiger partial charge in [-0.1, -0.05) is 31.2 Å². The van der Waals surface area contributed by atoms with Crippen LogP contribution >= 0.6 is 0 Å². The molecule has 1 aromatic carbocycles. The maximum absolute atomic E-state index is 6.00. The lowest BCUT2D eigenvalue weighted by Crippen LogP contribution is -2.48. The van der Waals surface area contributed by atoms with E-state index in [0.29, 0.717) is 12.1 Å². The number of aryl methyl sites for hydroxylation is 1. The van der Waals surface area contributed by atoms with Crippen LogP contribution in [0.5, 0.6) is 0 Å². The average molecular weight is 217 g/mol. The molecule has 1 saturated heterocycles. The fraction of sp³-hybridized carbons (Fsp3) is 0.571. The van der Waals surface area contributed by atoms with Gasteiger partial charge in [0.05, 0.1) is 12.7 Å². The van der Waals surface area contributed by atoms with E-state index in [2.05, 4.69) is 36.1 Å². The highest BCUT2D eigenvalue weighted by Gasteiger charge is 2.36. The molecule has 0 radical (unpaired) electrons. The minimum Gasteiger partial charge on any atom is -0.371 e. The Morgan fingerprint density at radius 3 is 3.12 bits per heavy atom. The van der Waals surface area contributed by atoms with Crippen molar-refractivity contribution in [3.8, 4) is 0 Å². The number of morpholine rings is 1. The Kier molecular flexibility index (Phi) is 2.70. The molecule has 1 aromatic rings. The second-order valence-corrected chi connectivity index (χ2v) is 4.72. The van der Waals surface area contributed by atoms with Crippen molar-refractivity contribution < 1.29 is 4.74 Å². The van der Waals surface area contributed by atoms with Gasteiger partial charge < -0.3 is 4.74 Å². The standard InChI is InChI=1S/C14H19NO/c1-2-15-9-10-16-14-12-6-4-3-5-11(12)7-8-13(14)15/h3-6,13-14H,2,7-10H2,1H3/t13-,14?/m1/s1. The summed E-state index contributed by atoms with van der Waals surface area (Å²) in [4.78, 5) is 2.57. The Balaban J connectivity index is 1.94. The van der Waals surface area contributed by atoms with Crippen molar-refractivity contribution in [2.45, 2.75) is 31.9 Å². The van der Waals surface area contributed by atoms with Gasteiger partial charge >= 0.3 is 0 Å². The predicted molar refractivity (Wildman–Crippen MR) is 64.5 cm³/mol. The molecule has 0 N–H and O–H groups in total. The number of rotatable bonds is 1. The number of hydrogen-bond acceptors (Lipinski definition) is 2. The van der Waals surface area contributed by atoms with E-state index in [1.54, 1.807) is 0 Å². The summed E-state index contributed by atoms with van der Waals surface area (Å²) in [7, 11) is 0. The van der Waals surface area contributed by atoms with E-state index < -0.39 is 0 Å². The Morgan fingerprint density at radius 2 is 2.25 bits per heavy atom. The van der Waals surface area contributed by atoms with E-state index in [9.17, 15) is 0 Å². The summed E-state index contributed by atoms with van der Waals surface area (Å²) in [5.41, 5.74) is 2.92. The first-order valence-corrected chi connectivity index (χ1v) is 6.33. The molecule has 0 bridgehead atoms. The van der Waals surface area contributed by atoms with Gasteiger partial charge in [0.2, 0.25) is 0 Å². The number of ether oxygens (including phenoxy) is 1. The van der Waals surface area contributed by atoms with E-state index in [1.165, 1.54) is 24.0 Å². The van der Waals surface area contributed by atoms with Crippen molar-refractivity contribution in [2.24, 2.45) is 0 Å². The predicted octanol–water partition coefficient (Wildman–Crippen LogP) is 2.39. The van der Waals surface area contributed by atoms with Crippen LogP contribution < -0.4 is 0 Å². The minimum absolute atomic E-state index is 0.318. The molecule has 2 atom stereocenters. The third kappa shape index (κ3) is 1.57. The van der Waals surface area contributed by atoms with Crippen molar-refractivity contribution in [3.63, 3.8) is 0 Å². The quantitative estimate of drug-likeness (QED) is 0.716. The molecular weight excluding hydrogens is 198 g/mol. The highest BCUT2D eigenvalue weighted by molar-refractivity contribution is 5.33. The molecule has 0 amide bonds. The largest absolute Gasteiger partial charge is 0.371 e. The van der Waals surface area contributed by atoms with Crippen LogP contribution in [0.15, 0.2) is 24.3 Å². The van der Waals surface area contributed by atoms with Gasteiger partial charge in [-0.25, -0.2) is 0 Å². The summed E-state index contributed by atoms with van der Waals surface area (Å²) in [5.74, 6) is 0. The molecule has 16 heavy (non-hydrogen) atoms. The fourth-order valence-electron chi connectivity index (χ4n) is 3.13. The van der Waals surface area contributed by atoms with E-state index in [1.807, 2.05) is 0 Å². The number of likely N-dealkylation sites (N-methyl/N-ethyl adjacent to an activating group) is 1. The zero-order valence-corrected chi connectivity index (χ0v) is 9.86. The van der Waals surface area contributed by atoms with Gasteiger partial charge in [0.1, 0.15) is 0 Å². The highest BCUT2D eigenvalue weighted by Crippen LogP contribution is 2.37. The average Bonchev–Trinajstić information content (AvgIpc) is 2.37. The Morgan fingerprint density at radius 1 is 1.38 bits per heavy atom. The van der Waals surface area contributed by atoms with Crippen molar-refractivity contribution in [3.05, 3.63) is 35.4 Å². The lowest BCUT2D eigenvalue weighted by molar-refractivity contribution is -0.0784. The van der Waals surface area contributed by atoms with Crippen LogP contribution in [0.4, 0.5) is 0 Å². The second-order valence-electron chi connectivity index (χ2n) is 4.72. The van der Waals surface area contributed by atoms with Gasteiger partial charge in [-0.05, 0) is 30.5 Å². The third-order valence-corrected chi connectivity index (χ3v) is 3.97. The topological polar surface area (TPSA) is 12.5 Å². The molecule has 2 heteroatoms. The molecule has 0 saturated carbocycles. The van der Waals surface area contributed by atoms with E-state index >= 15 is 0 Å². The first-order chi connectivity index (χ1) is 7.90. The van der Waals surface area contributed by atoms with Crippen LogP contribution in [0.2, 0.25) is 0 Å². The zero-order valence-electron chi connectivity index (χ0n) is 9.86. The van der Waals surface area contributed by atoms with Gasteiger partial charge in [0.15, 0.2) is 0 Å². The Bertz CT molecular complexity index is 377. The summed E-state index contributed by atoms with van der Waals surface area (Å²) >= 11 is 0. The van der Waals surface area contributed by atoms with Crippen molar-refractivity contribution in [1.82, 2.24) is 4.90 Å². The summed E-state index contributed by atoms with van der Waals surface area (Å²) in [6.45, 7) is 5.37. The number of nitrogens with zero attached hydrogens (tertiary/aromatic N) is 1. The fourth-order valence-corrected chi connectivity index (χ4v) is 3.13. The SMILES string of the molecule is CCN1CCOC2c3ccccc3CC[C@H]21. The normalized spacial score (nSPS) is 29.6. The maximum atomic E-state index is 6.00.